The van der Waals surface area contributed by atoms with Crippen LogP contribution in [0.25, 0.3) is 0 Å². The van der Waals surface area contributed by atoms with Crippen LogP contribution < -0.4 is 0 Å². The minimum atomic E-state index is -0.521. The van der Waals surface area contributed by atoms with Crippen molar-refractivity contribution in [2.75, 3.05) is 6.61 Å². The van der Waals surface area contributed by atoms with Crippen LogP contribution in [-0.4, -0.2) is 12.6 Å². The summed E-state index contributed by atoms with van der Waals surface area (Å²) in [5.41, 5.74) is 2.86. The molecule has 2 heteroatoms. The minimum absolute atomic E-state index is 0.224. The Morgan fingerprint density at radius 3 is 2.53 bits per heavy atom. The monoisotopic (exact) mass is 228 g/mol. The Bertz CT molecular complexity index is 458. The van der Waals surface area contributed by atoms with Gasteiger partial charge in [-0.25, -0.2) is 4.79 Å². The van der Waals surface area contributed by atoms with Gasteiger partial charge in [-0.15, -0.1) is 0 Å². The zero-order valence-corrected chi connectivity index (χ0v) is 10.2. The van der Waals surface area contributed by atoms with E-state index in [1.807, 2.05) is 24.3 Å². The van der Waals surface area contributed by atoms with E-state index < -0.39 is 5.97 Å². The first kappa shape index (κ1) is 13.1. The van der Waals surface area contributed by atoms with Crippen molar-refractivity contribution in [3.8, 4) is 11.8 Å². The maximum atomic E-state index is 11.2. The van der Waals surface area contributed by atoms with Crippen LogP contribution in [0.5, 0.6) is 0 Å². The van der Waals surface area contributed by atoms with E-state index in [9.17, 15) is 4.79 Å². The molecule has 1 aromatic rings. The molecule has 0 saturated heterocycles. The smallest absolute Gasteiger partial charge is 0.385 e. The number of rotatable bonds is 3. The largest absolute Gasteiger partial charge is 0.452 e. The molecule has 17 heavy (non-hydrogen) atoms. The average Bonchev–Trinajstić information content (AvgIpc) is 2.34. The van der Waals surface area contributed by atoms with Crippen molar-refractivity contribution in [2.45, 2.75) is 20.3 Å². The molecule has 0 aliphatic carbocycles. The summed E-state index contributed by atoms with van der Waals surface area (Å²) >= 11 is 0. The van der Waals surface area contributed by atoms with Gasteiger partial charge in [-0.2, -0.15) is 0 Å². The second kappa shape index (κ2) is 6.55. The van der Waals surface area contributed by atoms with Gasteiger partial charge in [0.25, 0.3) is 0 Å². The maximum Gasteiger partial charge on any atom is 0.385 e. The summed E-state index contributed by atoms with van der Waals surface area (Å²) in [7, 11) is 0. The molecule has 0 amide bonds. The quantitative estimate of drug-likeness (QED) is 0.451. The number of hydrogen-bond acceptors (Lipinski definition) is 2. The van der Waals surface area contributed by atoms with Crippen molar-refractivity contribution in [3.05, 3.63) is 47.5 Å². The molecular weight excluding hydrogens is 212 g/mol. The van der Waals surface area contributed by atoms with Gasteiger partial charge in [0, 0.05) is 11.5 Å². The van der Waals surface area contributed by atoms with Gasteiger partial charge in [0.1, 0.15) is 6.61 Å². The lowest BCUT2D eigenvalue weighted by Gasteiger charge is -1.98. The molecule has 0 atom stereocenters. The van der Waals surface area contributed by atoms with Gasteiger partial charge >= 0.3 is 5.97 Å². The van der Waals surface area contributed by atoms with Crippen LogP contribution in [0, 0.1) is 11.8 Å². The van der Waals surface area contributed by atoms with Gasteiger partial charge in [-0.3, -0.25) is 0 Å². The standard InChI is InChI=1S/C15H16O2/c1-4-13-5-7-14(8-6-13)9-10-15(16)17-11-12(2)3/h5-8H,2,4,11H2,1,3H3. The molecule has 0 bridgehead atoms. The molecule has 0 N–H and O–H groups in total. The molecule has 0 heterocycles. The summed E-state index contributed by atoms with van der Waals surface area (Å²) in [4.78, 5) is 11.2. The van der Waals surface area contributed by atoms with E-state index in [-0.39, 0.29) is 6.61 Å². The number of esters is 1. The van der Waals surface area contributed by atoms with Gasteiger partial charge in [-0.05, 0) is 36.6 Å². The van der Waals surface area contributed by atoms with Crippen LogP contribution in [0.4, 0.5) is 0 Å². The van der Waals surface area contributed by atoms with E-state index in [0.29, 0.717) is 0 Å². The molecule has 1 aromatic carbocycles. The molecule has 0 unspecified atom stereocenters. The normalized spacial score (nSPS) is 9.06. The molecule has 0 fully saturated rings. The van der Waals surface area contributed by atoms with Gasteiger partial charge < -0.3 is 4.74 Å². The second-order valence-electron chi connectivity index (χ2n) is 3.83. The van der Waals surface area contributed by atoms with Crippen LogP contribution in [0.3, 0.4) is 0 Å². The SMILES string of the molecule is C=C(C)COC(=O)C#Cc1ccc(CC)cc1. The first-order valence-corrected chi connectivity index (χ1v) is 5.54. The lowest BCUT2D eigenvalue weighted by atomic mass is 10.1. The van der Waals surface area contributed by atoms with Crippen molar-refractivity contribution in [1.29, 1.82) is 0 Å². The highest BCUT2D eigenvalue weighted by Crippen LogP contribution is 2.03. The van der Waals surface area contributed by atoms with E-state index >= 15 is 0 Å². The molecule has 0 aliphatic rings. The number of ether oxygens (including phenoxy) is 1. The van der Waals surface area contributed by atoms with Crippen LogP contribution in [0.15, 0.2) is 36.4 Å². The predicted octanol–water partition coefficient (Wildman–Crippen LogP) is 2.72. The van der Waals surface area contributed by atoms with Crippen LogP contribution in [0.2, 0.25) is 0 Å². The summed E-state index contributed by atoms with van der Waals surface area (Å²) < 4.78 is 4.86. The number of benzene rings is 1. The van der Waals surface area contributed by atoms with Crippen molar-refractivity contribution < 1.29 is 9.53 Å². The fraction of sp³-hybridized carbons (Fsp3) is 0.267. The summed E-state index contributed by atoms with van der Waals surface area (Å²) in [5, 5.41) is 0. The Labute approximate surface area is 102 Å². The molecule has 0 aliphatic heterocycles. The number of carbonyl (C=O) groups is 1. The molecule has 0 radical (unpaired) electrons. The third-order valence-corrected chi connectivity index (χ3v) is 2.12. The van der Waals surface area contributed by atoms with Crippen LogP contribution in [0.1, 0.15) is 25.0 Å². The molecule has 0 spiro atoms. The zero-order chi connectivity index (χ0) is 12.7. The molecule has 0 aromatic heterocycles. The van der Waals surface area contributed by atoms with E-state index in [1.54, 1.807) is 6.92 Å². The van der Waals surface area contributed by atoms with Crippen LogP contribution >= 0.6 is 0 Å². The third-order valence-electron chi connectivity index (χ3n) is 2.12. The highest BCUT2D eigenvalue weighted by atomic mass is 16.5. The first-order chi connectivity index (χ1) is 8.11. The zero-order valence-electron chi connectivity index (χ0n) is 10.2. The third kappa shape index (κ3) is 5.03. The predicted molar refractivity (Wildman–Crippen MR) is 68.5 cm³/mol. The van der Waals surface area contributed by atoms with Gasteiger partial charge in [0.15, 0.2) is 0 Å². The van der Waals surface area contributed by atoms with Crippen molar-refractivity contribution >= 4 is 5.97 Å². The summed E-state index contributed by atoms with van der Waals surface area (Å²) in [6.45, 7) is 7.75. The number of hydrogen-bond donors (Lipinski definition) is 0. The average molecular weight is 228 g/mol. The number of aryl methyl sites for hydroxylation is 1. The van der Waals surface area contributed by atoms with Crippen molar-refractivity contribution in [1.82, 2.24) is 0 Å². The molecule has 2 nitrogen and oxygen atoms in total. The Hall–Kier alpha value is -2.01. The molecule has 88 valence electrons. The molecule has 0 saturated carbocycles. The van der Waals surface area contributed by atoms with E-state index in [1.165, 1.54) is 5.56 Å². The fourth-order valence-electron chi connectivity index (χ4n) is 1.17. The van der Waals surface area contributed by atoms with E-state index in [2.05, 4.69) is 25.3 Å². The lowest BCUT2D eigenvalue weighted by Crippen LogP contribution is -2.03. The highest BCUT2D eigenvalue weighted by Gasteiger charge is 1.96. The van der Waals surface area contributed by atoms with Crippen molar-refractivity contribution in [2.24, 2.45) is 0 Å². The maximum absolute atomic E-state index is 11.2. The van der Waals surface area contributed by atoms with Gasteiger partial charge in [-0.1, -0.05) is 31.6 Å². The molecule has 1 rings (SSSR count). The topological polar surface area (TPSA) is 26.3 Å². The van der Waals surface area contributed by atoms with Crippen molar-refractivity contribution in [3.63, 3.8) is 0 Å². The Morgan fingerprint density at radius 1 is 1.35 bits per heavy atom. The second-order valence-corrected chi connectivity index (χ2v) is 3.83. The molecular formula is C15H16O2. The van der Waals surface area contributed by atoms with E-state index in [0.717, 1.165) is 17.6 Å². The minimum Gasteiger partial charge on any atom is -0.452 e. The lowest BCUT2D eigenvalue weighted by molar-refractivity contribution is -0.135. The van der Waals surface area contributed by atoms with Crippen LogP contribution in [-0.2, 0) is 16.0 Å². The van der Waals surface area contributed by atoms with Gasteiger partial charge in [0.05, 0.1) is 0 Å². The highest BCUT2D eigenvalue weighted by molar-refractivity contribution is 5.89. The van der Waals surface area contributed by atoms with E-state index in [4.69, 9.17) is 4.74 Å². The number of carbonyl (C=O) groups excluding carboxylic acids is 1. The summed E-state index contributed by atoms with van der Waals surface area (Å²) in [6.07, 6.45) is 0.994. The Kier molecular flexibility index (Phi) is 5.03. The Morgan fingerprint density at radius 2 is 2.00 bits per heavy atom. The first-order valence-electron chi connectivity index (χ1n) is 5.54. The van der Waals surface area contributed by atoms with Gasteiger partial charge in [0.2, 0.25) is 0 Å². The summed E-state index contributed by atoms with van der Waals surface area (Å²) in [5.74, 6) is 4.68. The Balaban J connectivity index is 2.58. The fourth-order valence-corrected chi connectivity index (χ4v) is 1.17. The summed E-state index contributed by atoms with van der Waals surface area (Å²) in [6, 6.07) is 7.81.